The van der Waals surface area contributed by atoms with Crippen LogP contribution in [0.5, 0.6) is 5.75 Å². The fraction of sp³-hybridized carbons (Fsp3) is 0.357. The van der Waals surface area contributed by atoms with Gasteiger partial charge in [0, 0.05) is 7.05 Å². The standard InChI is InChI=1S/C14H17ClN2O2/c1-3-8-19-11-6-4-10(5-7-11)14(18)13-12(15)9-16-17(13)2/h4-7,9,14,18H,3,8H2,1-2H3. The van der Waals surface area contributed by atoms with E-state index in [2.05, 4.69) is 12.0 Å². The van der Waals surface area contributed by atoms with Gasteiger partial charge in [0.25, 0.3) is 0 Å². The maximum absolute atomic E-state index is 10.3. The van der Waals surface area contributed by atoms with Crippen molar-refractivity contribution in [1.82, 2.24) is 9.78 Å². The first-order chi connectivity index (χ1) is 9.13. The minimum atomic E-state index is -0.791. The molecule has 0 aliphatic carbocycles. The molecule has 2 rings (SSSR count). The van der Waals surface area contributed by atoms with E-state index in [0.717, 1.165) is 17.7 Å². The van der Waals surface area contributed by atoms with Gasteiger partial charge >= 0.3 is 0 Å². The van der Waals surface area contributed by atoms with Crippen LogP contribution in [0.2, 0.25) is 5.02 Å². The van der Waals surface area contributed by atoms with Gasteiger partial charge in [0.05, 0.1) is 23.5 Å². The van der Waals surface area contributed by atoms with Crippen molar-refractivity contribution in [2.75, 3.05) is 6.61 Å². The fourth-order valence-corrected chi connectivity index (χ4v) is 2.12. The number of ether oxygens (including phenoxy) is 1. The predicted molar refractivity (Wildman–Crippen MR) is 74.5 cm³/mol. The summed E-state index contributed by atoms with van der Waals surface area (Å²) in [7, 11) is 1.75. The Bertz CT molecular complexity index is 517. The second-order valence-electron chi connectivity index (χ2n) is 4.32. The van der Waals surface area contributed by atoms with Gasteiger partial charge in [-0.25, -0.2) is 0 Å². The summed E-state index contributed by atoms with van der Waals surface area (Å²) in [4.78, 5) is 0. The van der Waals surface area contributed by atoms with E-state index in [1.165, 1.54) is 6.20 Å². The van der Waals surface area contributed by atoms with Crippen molar-refractivity contribution in [3.05, 3.63) is 46.7 Å². The Kier molecular flexibility index (Phi) is 4.45. The molecule has 5 heteroatoms. The highest BCUT2D eigenvalue weighted by Crippen LogP contribution is 2.28. The van der Waals surface area contributed by atoms with Crippen molar-refractivity contribution >= 4 is 11.6 Å². The van der Waals surface area contributed by atoms with Crippen LogP contribution in [0.15, 0.2) is 30.5 Å². The number of aliphatic hydroxyl groups is 1. The van der Waals surface area contributed by atoms with Gasteiger partial charge in [-0.2, -0.15) is 5.10 Å². The number of halogens is 1. The third kappa shape index (κ3) is 3.08. The number of aliphatic hydroxyl groups excluding tert-OH is 1. The average molecular weight is 281 g/mol. The Balaban J connectivity index is 2.18. The first-order valence-corrected chi connectivity index (χ1v) is 6.59. The molecule has 1 aromatic heterocycles. The van der Waals surface area contributed by atoms with Crippen LogP contribution < -0.4 is 4.74 Å². The molecule has 0 aliphatic heterocycles. The molecule has 0 fully saturated rings. The molecule has 1 unspecified atom stereocenters. The Morgan fingerprint density at radius 3 is 2.58 bits per heavy atom. The van der Waals surface area contributed by atoms with Crippen LogP contribution in [0.4, 0.5) is 0 Å². The van der Waals surface area contributed by atoms with Crippen LogP contribution in [-0.4, -0.2) is 21.5 Å². The van der Waals surface area contributed by atoms with Gasteiger partial charge in [0.2, 0.25) is 0 Å². The Morgan fingerprint density at radius 2 is 2.05 bits per heavy atom. The molecule has 0 saturated carbocycles. The third-order valence-corrected chi connectivity index (χ3v) is 3.16. The minimum absolute atomic E-state index is 0.460. The fourth-order valence-electron chi connectivity index (χ4n) is 1.85. The third-order valence-electron chi connectivity index (χ3n) is 2.87. The number of rotatable bonds is 5. The highest BCUT2D eigenvalue weighted by atomic mass is 35.5. The average Bonchev–Trinajstić information content (AvgIpc) is 2.76. The molecule has 0 radical (unpaired) electrons. The van der Waals surface area contributed by atoms with Gasteiger partial charge in [-0.3, -0.25) is 4.68 Å². The molecule has 0 saturated heterocycles. The van der Waals surface area contributed by atoms with E-state index in [1.54, 1.807) is 11.7 Å². The Labute approximate surface area is 117 Å². The smallest absolute Gasteiger partial charge is 0.122 e. The topological polar surface area (TPSA) is 47.3 Å². The molecule has 0 spiro atoms. The number of hydrogen-bond acceptors (Lipinski definition) is 3. The molecular weight excluding hydrogens is 264 g/mol. The molecule has 2 aromatic rings. The summed E-state index contributed by atoms with van der Waals surface area (Å²) < 4.78 is 7.08. The zero-order valence-corrected chi connectivity index (χ0v) is 11.8. The van der Waals surface area contributed by atoms with Crippen LogP contribution in [0.25, 0.3) is 0 Å². The summed E-state index contributed by atoms with van der Waals surface area (Å²) in [6.07, 6.45) is 1.70. The summed E-state index contributed by atoms with van der Waals surface area (Å²) in [5.41, 5.74) is 1.35. The summed E-state index contributed by atoms with van der Waals surface area (Å²) in [6.45, 7) is 2.75. The van der Waals surface area contributed by atoms with E-state index in [-0.39, 0.29) is 0 Å². The maximum atomic E-state index is 10.3. The molecule has 1 N–H and O–H groups in total. The van der Waals surface area contributed by atoms with Gasteiger partial charge < -0.3 is 9.84 Å². The van der Waals surface area contributed by atoms with E-state index in [1.807, 2.05) is 24.3 Å². The van der Waals surface area contributed by atoms with E-state index in [0.29, 0.717) is 17.3 Å². The summed E-state index contributed by atoms with van der Waals surface area (Å²) >= 11 is 6.02. The number of nitrogens with zero attached hydrogens (tertiary/aromatic N) is 2. The SMILES string of the molecule is CCCOc1ccc(C(O)c2c(Cl)cnn2C)cc1. The van der Waals surface area contributed by atoms with Gasteiger partial charge in [0.15, 0.2) is 0 Å². The van der Waals surface area contributed by atoms with Crippen LogP contribution in [0.1, 0.15) is 30.7 Å². The lowest BCUT2D eigenvalue weighted by Crippen LogP contribution is -2.07. The molecule has 19 heavy (non-hydrogen) atoms. The van der Waals surface area contributed by atoms with Crippen LogP contribution in [0.3, 0.4) is 0 Å². The van der Waals surface area contributed by atoms with E-state index >= 15 is 0 Å². The highest BCUT2D eigenvalue weighted by molar-refractivity contribution is 6.31. The van der Waals surface area contributed by atoms with Crippen LogP contribution in [-0.2, 0) is 7.05 Å². The normalized spacial score (nSPS) is 12.4. The lowest BCUT2D eigenvalue weighted by molar-refractivity contribution is 0.209. The lowest BCUT2D eigenvalue weighted by Gasteiger charge is -2.13. The van der Waals surface area contributed by atoms with E-state index < -0.39 is 6.10 Å². The number of aromatic nitrogens is 2. The molecule has 0 amide bonds. The summed E-state index contributed by atoms with van der Waals surface area (Å²) in [5.74, 6) is 0.800. The van der Waals surface area contributed by atoms with E-state index in [4.69, 9.17) is 16.3 Å². The van der Waals surface area contributed by atoms with Crippen molar-refractivity contribution < 1.29 is 9.84 Å². The van der Waals surface area contributed by atoms with Gasteiger partial charge in [-0.15, -0.1) is 0 Å². The second kappa shape index (κ2) is 6.08. The first kappa shape index (κ1) is 13.9. The molecular formula is C14H17ClN2O2. The van der Waals surface area contributed by atoms with E-state index in [9.17, 15) is 5.11 Å². The maximum Gasteiger partial charge on any atom is 0.122 e. The second-order valence-corrected chi connectivity index (χ2v) is 4.73. The van der Waals surface area contributed by atoms with Crippen molar-refractivity contribution in [2.24, 2.45) is 7.05 Å². The Hall–Kier alpha value is -1.52. The molecule has 0 bridgehead atoms. The zero-order chi connectivity index (χ0) is 13.8. The molecule has 1 atom stereocenters. The quantitative estimate of drug-likeness (QED) is 0.916. The monoisotopic (exact) mass is 280 g/mol. The van der Waals surface area contributed by atoms with Crippen molar-refractivity contribution in [2.45, 2.75) is 19.4 Å². The highest BCUT2D eigenvalue weighted by Gasteiger charge is 2.18. The molecule has 1 heterocycles. The van der Waals surface area contributed by atoms with Crippen molar-refractivity contribution in [3.8, 4) is 5.75 Å². The predicted octanol–water partition coefficient (Wildman–Crippen LogP) is 2.94. The first-order valence-electron chi connectivity index (χ1n) is 6.21. The van der Waals surface area contributed by atoms with Gasteiger partial charge in [-0.1, -0.05) is 30.7 Å². The number of hydrogen-bond donors (Lipinski definition) is 1. The number of aryl methyl sites for hydroxylation is 1. The molecule has 0 aliphatic rings. The summed E-state index contributed by atoms with van der Waals surface area (Å²) in [6, 6.07) is 7.36. The van der Waals surface area contributed by atoms with Crippen LogP contribution in [0, 0.1) is 0 Å². The van der Waals surface area contributed by atoms with Gasteiger partial charge in [-0.05, 0) is 24.1 Å². The molecule has 102 valence electrons. The largest absolute Gasteiger partial charge is 0.494 e. The number of benzene rings is 1. The molecule has 4 nitrogen and oxygen atoms in total. The van der Waals surface area contributed by atoms with Crippen molar-refractivity contribution in [1.29, 1.82) is 0 Å². The van der Waals surface area contributed by atoms with Gasteiger partial charge in [0.1, 0.15) is 11.9 Å². The minimum Gasteiger partial charge on any atom is -0.494 e. The lowest BCUT2D eigenvalue weighted by atomic mass is 10.1. The van der Waals surface area contributed by atoms with Crippen LogP contribution >= 0.6 is 11.6 Å². The van der Waals surface area contributed by atoms with Crippen molar-refractivity contribution in [3.63, 3.8) is 0 Å². The molecule has 1 aromatic carbocycles. The zero-order valence-electron chi connectivity index (χ0n) is 11.0. The summed E-state index contributed by atoms with van der Waals surface area (Å²) in [5, 5.41) is 14.8. The Morgan fingerprint density at radius 1 is 1.37 bits per heavy atom.